The zero-order valence-corrected chi connectivity index (χ0v) is 17.3. The molecule has 1 fully saturated rings. The van der Waals surface area contributed by atoms with E-state index in [0.29, 0.717) is 32.5 Å². The van der Waals surface area contributed by atoms with Gasteiger partial charge in [-0.2, -0.15) is 0 Å². The first-order valence-corrected chi connectivity index (χ1v) is 10.7. The normalized spacial score (nSPS) is 14.7. The van der Waals surface area contributed by atoms with Crippen LogP contribution in [0.4, 0.5) is 10.8 Å². The van der Waals surface area contributed by atoms with Gasteiger partial charge in [-0.25, -0.2) is 4.98 Å². The first-order valence-electron chi connectivity index (χ1n) is 9.83. The summed E-state index contributed by atoms with van der Waals surface area (Å²) in [6, 6.07) is 8.28. The number of hydrogen-bond donors (Lipinski definition) is 1. The summed E-state index contributed by atoms with van der Waals surface area (Å²) in [6.45, 7) is 5.54. The number of anilines is 2. The second kappa shape index (κ2) is 9.68. The number of benzene rings is 1. The van der Waals surface area contributed by atoms with Crippen molar-refractivity contribution < 1.29 is 14.3 Å². The van der Waals surface area contributed by atoms with E-state index in [1.54, 1.807) is 0 Å². The Hall–Kier alpha value is -2.41. The van der Waals surface area contributed by atoms with Crippen molar-refractivity contribution in [3.8, 4) is 0 Å². The molecule has 0 spiro atoms. The van der Waals surface area contributed by atoms with Crippen molar-refractivity contribution in [3.05, 3.63) is 40.9 Å². The number of likely N-dealkylation sites (tertiary alicyclic amines) is 1. The third-order valence-electron chi connectivity index (χ3n) is 4.97. The highest BCUT2D eigenvalue weighted by Crippen LogP contribution is 2.23. The van der Waals surface area contributed by atoms with Crippen molar-refractivity contribution in [1.29, 1.82) is 0 Å². The van der Waals surface area contributed by atoms with Crippen molar-refractivity contribution in [1.82, 2.24) is 9.88 Å². The van der Waals surface area contributed by atoms with Crippen molar-refractivity contribution in [2.75, 3.05) is 25.0 Å². The molecular formula is C21H27N3O3S. The number of thiazole rings is 1. The van der Waals surface area contributed by atoms with Gasteiger partial charge in [0, 0.05) is 24.2 Å². The number of aromatic nitrogens is 1. The van der Waals surface area contributed by atoms with Crippen LogP contribution in [0.5, 0.6) is 0 Å². The Morgan fingerprint density at radius 3 is 2.57 bits per heavy atom. The van der Waals surface area contributed by atoms with Gasteiger partial charge in [0.1, 0.15) is 0 Å². The molecule has 0 unspecified atom stereocenters. The van der Waals surface area contributed by atoms with Crippen molar-refractivity contribution >= 4 is 34.0 Å². The molecule has 0 saturated carbocycles. The maximum Gasteiger partial charge on any atom is 0.309 e. The Bertz CT molecular complexity index is 795. The van der Waals surface area contributed by atoms with Crippen molar-refractivity contribution in [2.45, 2.75) is 39.5 Å². The largest absolute Gasteiger partial charge is 0.466 e. The number of amides is 1. The summed E-state index contributed by atoms with van der Waals surface area (Å²) in [4.78, 5) is 30.7. The molecule has 28 heavy (non-hydrogen) atoms. The van der Waals surface area contributed by atoms with Crippen LogP contribution in [-0.2, 0) is 27.2 Å². The predicted octanol–water partition coefficient (Wildman–Crippen LogP) is 3.79. The van der Waals surface area contributed by atoms with E-state index in [2.05, 4.69) is 29.4 Å². The number of nitrogens with zero attached hydrogens (tertiary/aromatic N) is 2. The van der Waals surface area contributed by atoms with Gasteiger partial charge in [-0.05, 0) is 43.9 Å². The van der Waals surface area contributed by atoms with E-state index < -0.39 is 0 Å². The number of carbonyl (C=O) groups excluding carboxylic acids is 2. The molecule has 7 heteroatoms. The Morgan fingerprint density at radius 1 is 1.21 bits per heavy atom. The minimum atomic E-state index is -0.142. The monoisotopic (exact) mass is 401 g/mol. The molecule has 2 heterocycles. The predicted molar refractivity (Wildman–Crippen MR) is 111 cm³/mol. The molecule has 0 bridgehead atoms. The average molecular weight is 402 g/mol. The van der Waals surface area contributed by atoms with Gasteiger partial charge in [-0.3, -0.25) is 9.59 Å². The average Bonchev–Trinajstić information content (AvgIpc) is 3.15. The Balaban J connectivity index is 1.49. The van der Waals surface area contributed by atoms with Gasteiger partial charge < -0.3 is 15.0 Å². The fourth-order valence-corrected chi connectivity index (χ4v) is 4.01. The molecule has 1 aliphatic heterocycles. The molecule has 0 atom stereocenters. The van der Waals surface area contributed by atoms with Gasteiger partial charge in [0.2, 0.25) is 5.91 Å². The van der Waals surface area contributed by atoms with E-state index in [1.807, 2.05) is 29.3 Å². The quantitative estimate of drug-likeness (QED) is 0.715. The van der Waals surface area contributed by atoms with Gasteiger partial charge in [0.15, 0.2) is 5.13 Å². The van der Waals surface area contributed by atoms with E-state index in [9.17, 15) is 9.59 Å². The topological polar surface area (TPSA) is 71.5 Å². The molecule has 2 aromatic rings. The fraction of sp³-hybridized carbons (Fsp3) is 0.476. The number of rotatable bonds is 7. The molecule has 1 aliphatic rings. The molecule has 1 saturated heterocycles. The highest BCUT2D eigenvalue weighted by molar-refractivity contribution is 7.13. The van der Waals surface area contributed by atoms with E-state index in [4.69, 9.17) is 4.74 Å². The zero-order chi connectivity index (χ0) is 19.9. The van der Waals surface area contributed by atoms with Crippen LogP contribution in [-0.4, -0.2) is 41.5 Å². The molecule has 3 rings (SSSR count). The molecule has 1 N–H and O–H groups in total. The fourth-order valence-electron chi connectivity index (χ4n) is 3.28. The summed E-state index contributed by atoms with van der Waals surface area (Å²) in [5, 5.41) is 6.00. The molecule has 1 aromatic heterocycles. The van der Waals surface area contributed by atoms with Crippen LogP contribution >= 0.6 is 11.3 Å². The molecule has 0 aliphatic carbocycles. The van der Waals surface area contributed by atoms with Crippen LogP contribution in [0.2, 0.25) is 0 Å². The molecular weight excluding hydrogens is 374 g/mol. The number of hydrogen-bond acceptors (Lipinski definition) is 6. The van der Waals surface area contributed by atoms with E-state index >= 15 is 0 Å². The smallest absolute Gasteiger partial charge is 0.309 e. The lowest BCUT2D eigenvalue weighted by Crippen LogP contribution is -2.41. The third-order valence-corrected chi connectivity index (χ3v) is 5.77. The molecule has 150 valence electrons. The standard InChI is InChI=1S/C21H27N3O3S/c1-3-15-5-7-17(8-6-15)22-21-23-18(14-28-21)13-19(25)24-11-9-16(10-12-24)20(26)27-4-2/h5-8,14,16H,3-4,9-13H2,1-2H3,(H,22,23). The van der Waals surface area contributed by atoms with Crippen molar-refractivity contribution in [2.24, 2.45) is 5.92 Å². The van der Waals surface area contributed by atoms with Crippen LogP contribution in [0.3, 0.4) is 0 Å². The van der Waals surface area contributed by atoms with Gasteiger partial charge in [0.05, 0.1) is 24.6 Å². The van der Waals surface area contributed by atoms with Crippen LogP contribution in [0, 0.1) is 5.92 Å². The minimum absolute atomic E-state index is 0.0615. The van der Waals surface area contributed by atoms with Gasteiger partial charge in [0.25, 0.3) is 0 Å². The number of aryl methyl sites for hydroxylation is 1. The van der Waals surface area contributed by atoms with Crippen molar-refractivity contribution in [3.63, 3.8) is 0 Å². The lowest BCUT2D eigenvalue weighted by molar-refractivity contribution is -0.151. The second-order valence-corrected chi connectivity index (χ2v) is 7.76. The summed E-state index contributed by atoms with van der Waals surface area (Å²) in [7, 11) is 0. The number of nitrogens with one attached hydrogen (secondary N) is 1. The summed E-state index contributed by atoms with van der Waals surface area (Å²) in [5.74, 6) is -0.165. The summed E-state index contributed by atoms with van der Waals surface area (Å²) in [6.07, 6.45) is 2.64. The number of esters is 1. The van der Waals surface area contributed by atoms with E-state index in [-0.39, 0.29) is 24.2 Å². The molecule has 1 aromatic carbocycles. The van der Waals surface area contributed by atoms with Crippen LogP contribution < -0.4 is 5.32 Å². The third kappa shape index (κ3) is 5.32. The van der Waals surface area contributed by atoms with Gasteiger partial charge in [-0.1, -0.05) is 19.1 Å². The maximum atomic E-state index is 12.6. The summed E-state index contributed by atoms with van der Waals surface area (Å²) < 4.78 is 5.08. The SMILES string of the molecule is CCOC(=O)C1CCN(C(=O)Cc2csc(Nc3ccc(CC)cc3)n2)CC1. The number of carbonyl (C=O) groups is 2. The number of piperidine rings is 1. The highest BCUT2D eigenvalue weighted by atomic mass is 32.1. The summed E-state index contributed by atoms with van der Waals surface area (Å²) in [5.41, 5.74) is 3.06. The zero-order valence-electron chi connectivity index (χ0n) is 16.4. The first kappa shape index (κ1) is 20.3. The lowest BCUT2D eigenvalue weighted by Gasteiger charge is -2.30. The summed E-state index contributed by atoms with van der Waals surface area (Å²) >= 11 is 1.50. The molecule has 1 amide bonds. The first-order chi connectivity index (χ1) is 13.6. The molecule has 6 nitrogen and oxygen atoms in total. The Kier molecular flexibility index (Phi) is 7.03. The minimum Gasteiger partial charge on any atom is -0.466 e. The van der Waals surface area contributed by atoms with Crippen LogP contribution in [0.25, 0.3) is 0 Å². The van der Waals surface area contributed by atoms with E-state index in [0.717, 1.165) is 22.9 Å². The van der Waals surface area contributed by atoms with Gasteiger partial charge in [-0.15, -0.1) is 11.3 Å². The Morgan fingerprint density at radius 2 is 1.93 bits per heavy atom. The highest BCUT2D eigenvalue weighted by Gasteiger charge is 2.28. The molecule has 0 radical (unpaired) electrons. The Labute approximate surface area is 169 Å². The van der Waals surface area contributed by atoms with Gasteiger partial charge >= 0.3 is 5.97 Å². The van der Waals surface area contributed by atoms with Crippen LogP contribution in [0.15, 0.2) is 29.6 Å². The second-order valence-electron chi connectivity index (χ2n) is 6.90. The van der Waals surface area contributed by atoms with Crippen LogP contribution in [0.1, 0.15) is 37.9 Å². The number of ether oxygens (including phenoxy) is 1. The lowest BCUT2D eigenvalue weighted by atomic mass is 9.97. The van der Waals surface area contributed by atoms with E-state index in [1.165, 1.54) is 16.9 Å². The maximum absolute atomic E-state index is 12.6.